The fraction of sp³-hybridized carbons (Fsp3) is 0.810. The highest BCUT2D eigenvalue weighted by Gasteiger charge is 2.35. The number of nitrogens with zero attached hydrogens (tertiary/aromatic N) is 1. The number of ether oxygens (including phenoxy) is 2. The standard InChI is InChI=1S/C42H77NO2/c1-4-6-8-10-12-14-16-18-20-22-24-26-28-30-32-34-40-44-42(36-38-43(3)39-37-42)45-41-35-33-31-29-27-25-23-21-19-17-15-13-11-9-7-5-2/h12-15,18-21H,4-11,16-17,22-41H2,1-3H3/b14-12+,15-13+,20-18+,21-19+. The molecular formula is C42H77NO2. The first-order chi connectivity index (χ1) is 22.2. The summed E-state index contributed by atoms with van der Waals surface area (Å²) < 4.78 is 13.0. The quantitative estimate of drug-likeness (QED) is 0.0421. The molecule has 262 valence electrons. The number of hydrogen-bond acceptors (Lipinski definition) is 3. The Hall–Kier alpha value is -1.16. The van der Waals surface area contributed by atoms with Crippen LogP contribution in [0.5, 0.6) is 0 Å². The number of hydrogen-bond donors (Lipinski definition) is 0. The van der Waals surface area contributed by atoms with Gasteiger partial charge in [-0.15, -0.1) is 0 Å². The maximum Gasteiger partial charge on any atom is 0.170 e. The minimum Gasteiger partial charge on any atom is -0.350 e. The number of piperidine rings is 1. The number of rotatable bonds is 32. The molecule has 0 aliphatic carbocycles. The molecule has 0 radical (unpaired) electrons. The fourth-order valence-corrected chi connectivity index (χ4v) is 5.99. The van der Waals surface area contributed by atoms with Crippen LogP contribution < -0.4 is 0 Å². The van der Waals surface area contributed by atoms with Gasteiger partial charge >= 0.3 is 0 Å². The Morgan fingerprint density at radius 3 is 1.16 bits per heavy atom. The third kappa shape index (κ3) is 27.6. The predicted molar refractivity (Wildman–Crippen MR) is 200 cm³/mol. The topological polar surface area (TPSA) is 21.7 Å². The Labute approximate surface area is 282 Å². The molecule has 1 saturated heterocycles. The molecule has 0 N–H and O–H groups in total. The van der Waals surface area contributed by atoms with Crippen LogP contribution in [0, 0.1) is 0 Å². The molecule has 1 rings (SSSR count). The van der Waals surface area contributed by atoms with E-state index in [-0.39, 0.29) is 5.79 Å². The van der Waals surface area contributed by atoms with Gasteiger partial charge in [-0.1, -0.05) is 140 Å². The summed E-state index contributed by atoms with van der Waals surface area (Å²) in [7, 11) is 2.22. The normalized spacial score (nSPS) is 16.0. The van der Waals surface area contributed by atoms with Gasteiger partial charge in [0.15, 0.2) is 5.79 Å². The summed E-state index contributed by atoms with van der Waals surface area (Å²) in [5, 5.41) is 0. The van der Waals surface area contributed by atoms with Gasteiger partial charge in [0.1, 0.15) is 0 Å². The van der Waals surface area contributed by atoms with Crippen molar-refractivity contribution in [3.8, 4) is 0 Å². The van der Waals surface area contributed by atoms with Crippen molar-refractivity contribution in [2.45, 2.75) is 187 Å². The van der Waals surface area contributed by atoms with E-state index in [1.807, 2.05) is 0 Å². The van der Waals surface area contributed by atoms with E-state index in [9.17, 15) is 0 Å². The van der Waals surface area contributed by atoms with E-state index in [1.54, 1.807) is 0 Å². The molecule has 0 spiro atoms. The molecule has 1 aliphatic rings. The summed E-state index contributed by atoms with van der Waals surface area (Å²) >= 11 is 0. The summed E-state index contributed by atoms with van der Waals surface area (Å²) in [4.78, 5) is 2.41. The van der Waals surface area contributed by atoms with Gasteiger partial charge in [0.25, 0.3) is 0 Å². The molecule has 0 aromatic heterocycles. The van der Waals surface area contributed by atoms with Gasteiger partial charge in [-0.3, -0.25) is 0 Å². The molecule has 0 bridgehead atoms. The van der Waals surface area contributed by atoms with Crippen LogP contribution in [0.3, 0.4) is 0 Å². The first-order valence-electron chi connectivity index (χ1n) is 19.8. The molecule has 45 heavy (non-hydrogen) atoms. The molecule has 0 unspecified atom stereocenters. The Balaban J connectivity index is 2.01. The maximum absolute atomic E-state index is 6.49. The number of unbranched alkanes of at least 4 members (excludes halogenated alkanes) is 18. The van der Waals surface area contributed by atoms with Crippen LogP contribution in [0.1, 0.15) is 181 Å². The molecule has 0 amide bonds. The highest BCUT2D eigenvalue weighted by molar-refractivity contribution is 4.93. The van der Waals surface area contributed by atoms with Crippen LogP contribution in [0.25, 0.3) is 0 Å². The predicted octanol–water partition coefficient (Wildman–Crippen LogP) is 13.1. The van der Waals surface area contributed by atoms with Gasteiger partial charge in [-0.2, -0.15) is 0 Å². The van der Waals surface area contributed by atoms with E-state index < -0.39 is 0 Å². The fourth-order valence-electron chi connectivity index (χ4n) is 5.99. The van der Waals surface area contributed by atoms with Crippen molar-refractivity contribution in [3.05, 3.63) is 48.6 Å². The van der Waals surface area contributed by atoms with Crippen molar-refractivity contribution in [3.63, 3.8) is 0 Å². The van der Waals surface area contributed by atoms with E-state index >= 15 is 0 Å². The van der Waals surface area contributed by atoms with Crippen molar-refractivity contribution in [1.29, 1.82) is 0 Å². The van der Waals surface area contributed by atoms with E-state index in [0.29, 0.717) is 0 Å². The second-order valence-electron chi connectivity index (χ2n) is 13.6. The molecular weight excluding hydrogens is 550 g/mol. The van der Waals surface area contributed by atoms with E-state index in [2.05, 4.69) is 74.4 Å². The number of likely N-dealkylation sites (tertiary alicyclic amines) is 1. The lowest BCUT2D eigenvalue weighted by atomic mass is 10.0. The Bertz CT molecular complexity index is 664. The van der Waals surface area contributed by atoms with Crippen molar-refractivity contribution >= 4 is 0 Å². The summed E-state index contributed by atoms with van der Waals surface area (Å²) in [6, 6.07) is 0. The van der Waals surface area contributed by atoms with Crippen LogP contribution in [-0.2, 0) is 9.47 Å². The second kappa shape index (κ2) is 32.8. The van der Waals surface area contributed by atoms with Crippen LogP contribution in [0.2, 0.25) is 0 Å². The van der Waals surface area contributed by atoms with Crippen molar-refractivity contribution in [2.24, 2.45) is 0 Å². The molecule has 0 aromatic rings. The van der Waals surface area contributed by atoms with Crippen molar-refractivity contribution in [2.75, 3.05) is 33.4 Å². The molecule has 1 aliphatic heterocycles. The zero-order valence-electron chi connectivity index (χ0n) is 30.6. The van der Waals surface area contributed by atoms with Gasteiger partial charge in [0.05, 0.1) is 13.2 Å². The maximum atomic E-state index is 6.49. The van der Waals surface area contributed by atoms with Gasteiger partial charge < -0.3 is 14.4 Å². The minimum atomic E-state index is -0.333. The summed E-state index contributed by atoms with van der Waals surface area (Å²) in [6.07, 6.45) is 51.6. The van der Waals surface area contributed by atoms with Gasteiger partial charge in [-0.05, 0) is 84.1 Å². The molecule has 3 heteroatoms. The third-order valence-electron chi connectivity index (χ3n) is 9.17. The SMILES string of the molecule is CCCCC/C=C/C/C=C/CCCCCCCCOC1(OCCCCCCCC/C=C/C/C=C/CCCCC)CCN(C)CC1. The zero-order chi connectivity index (χ0) is 32.4. The first kappa shape index (κ1) is 41.9. The average Bonchev–Trinajstić information content (AvgIpc) is 3.05. The van der Waals surface area contributed by atoms with Crippen molar-refractivity contribution in [1.82, 2.24) is 4.90 Å². The van der Waals surface area contributed by atoms with Gasteiger partial charge in [0.2, 0.25) is 0 Å². The van der Waals surface area contributed by atoms with E-state index in [1.165, 1.54) is 128 Å². The second-order valence-corrected chi connectivity index (χ2v) is 13.6. The third-order valence-corrected chi connectivity index (χ3v) is 9.17. The van der Waals surface area contributed by atoms with Gasteiger partial charge in [0, 0.05) is 25.9 Å². The Morgan fingerprint density at radius 2 is 0.778 bits per heavy atom. The number of allylic oxidation sites excluding steroid dienone is 8. The molecule has 1 heterocycles. The Kier molecular flexibility index (Phi) is 30.5. The summed E-state index contributed by atoms with van der Waals surface area (Å²) in [6.45, 7) is 8.39. The highest BCUT2D eigenvalue weighted by Crippen LogP contribution is 2.28. The average molecular weight is 628 g/mol. The highest BCUT2D eigenvalue weighted by atomic mass is 16.7. The monoisotopic (exact) mass is 628 g/mol. The largest absolute Gasteiger partial charge is 0.350 e. The smallest absolute Gasteiger partial charge is 0.170 e. The van der Waals surface area contributed by atoms with Crippen LogP contribution in [-0.4, -0.2) is 44.0 Å². The summed E-state index contributed by atoms with van der Waals surface area (Å²) in [5.74, 6) is -0.333. The van der Waals surface area contributed by atoms with Crippen LogP contribution in [0.4, 0.5) is 0 Å². The molecule has 3 nitrogen and oxygen atoms in total. The lowest BCUT2D eigenvalue weighted by Gasteiger charge is -2.40. The molecule has 1 fully saturated rings. The first-order valence-corrected chi connectivity index (χ1v) is 19.8. The molecule has 0 saturated carbocycles. The molecule has 0 aromatic carbocycles. The lowest BCUT2D eigenvalue weighted by Crippen LogP contribution is -2.47. The van der Waals surface area contributed by atoms with E-state index in [4.69, 9.17) is 9.47 Å². The summed E-state index contributed by atoms with van der Waals surface area (Å²) in [5.41, 5.74) is 0. The lowest BCUT2D eigenvalue weighted by molar-refractivity contribution is -0.257. The zero-order valence-corrected chi connectivity index (χ0v) is 30.6. The molecule has 0 atom stereocenters. The van der Waals surface area contributed by atoms with Crippen LogP contribution in [0.15, 0.2) is 48.6 Å². The van der Waals surface area contributed by atoms with Gasteiger partial charge in [-0.25, -0.2) is 0 Å². The van der Waals surface area contributed by atoms with Crippen molar-refractivity contribution < 1.29 is 9.47 Å². The Morgan fingerprint density at radius 1 is 0.444 bits per heavy atom. The van der Waals surface area contributed by atoms with E-state index in [0.717, 1.165) is 64.8 Å². The van der Waals surface area contributed by atoms with Crippen LogP contribution >= 0.6 is 0 Å². The minimum absolute atomic E-state index is 0.333.